The fraction of sp³-hybridized carbons (Fsp3) is 0.538. The quantitative estimate of drug-likeness (QED) is 0.647. The van der Waals surface area contributed by atoms with Crippen LogP contribution in [-0.4, -0.2) is 44.6 Å². The Bertz CT molecular complexity index is 337. The highest BCUT2D eigenvalue weighted by atomic mass is 19.1. The second kappa shape index (κ2) is 8.85. The van der Waals surface area contributed by atoms with Crippen LogP contribution in [-0.2, 0) is 4.74 Å². The van der Waals surface area contributed by atoms with Crippen molar-refractivity contribution in [1.82, 2.24) is 0 Å². The van der Waals surface area contributed by atoms with E-state index in [0.717, 1.165) is 6.42 Å². The van der Waals surface area contributed by atoms with Gasteiger partial charge in [-0.25, -0.2) is 4.39 Å². The Morgan fingerprint density at radius 1 is 1.22 bits per heavy atom. The number of halogens is 1. The lowest BCUT2D eigenvalue weighted by molar-refractivity contribution is 0.0966. The number of hydrogen-bond acceptors (Lipinski definition) is 4. The average molecular weight is 256 g/mol. The summed E-state index contributed by atoms with van der Waals surface area (Å²) < 4.78 is 18.9. The molecule has 102 valence electrons. The SMILES string of the molecule is NCCCN(CCOCCO)c1ccccc1F. The van der Waals surface area contributed by atoms with Gasteiger partial charge in [0.25, 0.3) is 0 Å². The van der Waals surface area contributed by atoms with Crippen molar-refractivity contribution in [2.75, 3.05) is 44.4 Å². The molecule has 1 aromatic rings. The first kappa shape index (κ1) is 14.9. The second-order valence-corrected chi connectivity index (χ2v) is 3.92. The Morgan fingerprint density at radius 3 is 2.67 bits per heavy atom. The highest BCUT2D eigenvalue weighted by Gasteiger charge is 2.10. The van der Waals surface area contributed by atoms with Crippen LogP contribution in [0, 0.1) is 5.82 Å². The van der Waals surface area contributed by atoms with Gasteiger partial charge >= 0.3 is 0 Å². The molecule has 0 amide bonds. The van der Waals surface area contributed by atoms with Crippen LogP contribution in [0.2, 0.25) is 0 Å². The van der Waals surface area contributed by atoms with Gasteiger partial charge in [-0.15, -0.1) is 0 Å². The van der Waals surface area contributed by atoms with E-state index >= 15 is 0 Å². The minimum absolute atomic E-state index is 0.00248. The fourth-order valence-electron chi connectivity index (χ4n) is 1.68. The Morgan fingerprint density at radius 2 is 2.00 bits per heavy atom. The first-order valence-corrected chi connectivity index (χ1v) is 6.17. The van der Waals surface area contributed by atoms with Crippen molar-refractivity contribution in [3.05, 3.63) is 30.1 Å². The molecule has 0 aliphatic rings. The topological polar surface area (TPSA) is 58.7 Å². The van der Waals surface area contributed by atoms with Crippen molar-refractivity contribution >= 4 is 5.69 Å². The number of aliphatic hydroxyl groups is 1. The van der Waals surface area contributed by atoms with Gasteiger partial charge in [-0.2, -0.15) is 0 Å². The number of hydrogen-bond donors (Lipinski definition) is 2. The maximum Gasteiger partial charge on any atom is 0.146 e. The summed E-state index contributed by atoms with van der Waals surface area (Å²) in [6, 6.07) is 6.67. The normalized spacial score (nSPS) is 10.6. The largest absolute Gasteiger partial charge is 0.394 e. The van der Waals surface area contributed by atoms with E-state index in [9.17, 15) is 4.39 Å². The molecule has 0 unspecified atom stereocenters. The average Bonchev–Trinajstić information content (AvgIpc) is 2.39. The molecule has 0 aliphatic carbocycles. The summed E-state index contributed by atoms with van der Waals surface area (Å²) in [5.74, 6) is -0.239. The molecule has 5 heteroatoms. The van der Waals surface area contributed by atoms with Gasteiger partial charge < -0.3 is 20.5 Å². The first-order valence-electron chi connectivity index (χ1n) is 6.17. The van der Waals surface area contributed by atoms with Gasteiger partial charge in [-0.05, 0) is 25.1 Å². The Labute approximate surface area is 107 Å². The van der Waals surface area contributed by atoms with Crippen LogP contribution < -0.4 is 10.6 Å². The maximum absolute atomic E-state index is 13.7. The van der Waals surface area contributed by atoms with E-state index in [1.165, 1.54) is 6.07 Å². The number of ether oxygens (including phenoxy) is 1. The van der Waals surface area contributed by atoms with Crippen LogP contribution >= 0.6 is 0 Å². The van der Waals surface area contributed by atoms with Crippen molar-refractivity contribution in [1.29, 1.82) is 0 Å². The molecule has 0 aromatic heterocycles. The molecule has 1 rings (SSSR count). The lowest BCUT2D eigenvalue weighted by Crippen LogP contribution is -2.30. The van der Waals surface area contributed by atoms with Crippen molar-refractivity contribution in [2.45, 2.75) is 6.42 Å². The number of rotatable bonds is 9. The molecule has 1 aromatic carbocycles. The number of benzene rings is 1. The standard InChI is InChI=1S/C13H21FN2O2/c14-12-4-1-2-5-13(12)16(7-3-6-15)8-10-18-11-9-17/h1-2,4-5,17H,3,6-11,15H2. The molecule has 0 radical (unpaired) electrons. The van der Waals surface area contributed by atoms with Gasteiger partial charge in [0, 0.05) is 13.1 Å². The number of anilines is 1. The van der Waals surface area contributed by atoms with Gasteiger partial charge in [0.1, 0.15) is 5.82 Å². The molecule has 0 bridgehead atoms. The van der Waals surface area contributed by atoms with E-state index in [1.54, 1.807) is 12.1 Å². The molecule has 0 aliphatic heterocycles. The van der Waals surface area contributed by atoms with Crippen LogP contribution in [0.1, 0.15) is 6.42 Å². The zero-order valence-corrected chi connectivity index (χ0v) is 10.5. The number of nitrogens with two attached hydrogens (primary N) is 1. The van der Waals surface area contributed by atoms with Gasteiger partial charge in [0.2, 0.25) is 0 Å². The first-order chi connectivity index (χ1) is 8.79. The third-order valence-corrected chi connectivity index (χ3v) is 2.57. The number of para-hydroxylation sites is 1. The predicted molar refractivity (Wildman–Crippen MR) is 70.2 cm³/mol. The van der Waals surface area contributed by atoms with E-state index in [2.05, 4.69) is 0 Å². The van der Waals surface area contributed by atoms with Crippen molar-refractivity contribution < 1.29 is 14.2 Å². The highest BCUT2D eigenvalue weighted by molar-refractivity contribution is 5.47. The summed E-state index contributed by atoms with van der Waals surface area (Å²) in [6.45, 7) is 2.62. The van der Waals surface area contributed by atoms with Gasteiger partial charge in [-0.1, -0.05) is 12.1 Å². The summed E-state index contributed by atoms with van der Waals surface area (Å²) in [6.07, 6.45) is 0.800. The maximum atomic E-state index is 13.7. The number of aliphatic hydroxyl groups excluding tert-OH is 1. The third kappa shape index (κ3) is 5.00. The van der Waals surface area contributed by atoms with E-state index in [4.69, 9.17) is 15.6 Å². The summed E-state index contributed by atoms with van der Waals surface area (Å²) in [7, 11) is 0. The van der Waals surface area contributed by atoms with Crippen LogP contribution in [0.5, 0.6) is 0 Å². The molecule has 0 saturated heterocycles. The summed E-state index contributed by atoms with van der Waals surface area (Å²) in [5.41, 5.74) is 6.05. The molecule has 0 fully saturated rings. The zero-order chi connectivity index (χ0) is 13.2. The molecule has 18 heavy (non-hydrogen) atoms. The van der Waals surface area contributed by atoms with Crippen LogP contribution in [0.25, 0.3) is 0 Å². The third-order valence-electron chi connectivity index (χ3n) is 2.57. The number of nitrogens with zero attached hydrogens (tertiary/aromatic N) is 1. The van der Waals surface area contributed by atoms with E-state index in [1.807, 2.05) is 11.0 Å². The predicted octanol–water partition coefficient (Wildman–Crippen LogP) is 0.990. The molecule has 0 atom stereocenters. The van der Waals surface area contributed by atoms with Crippen molar-refractivity contribution in [3.8, 4) is 0 Å². The van der Waals surface area contributed by atoms with Crippen LogP contribution in [0.4, 0.5) is 10.1 Å². The Balaban J connectivity index is 2.57. The molecule has 0 saturated carbocycles. The Kier molecular flexibility index (Phi) is 7.32. The lowest BCUT2D eigenvalue weighted by atomic mass is 10.2. The van der Waals surface area contributed by atoms with Crippen LogP contribution in [0.3, 0.4) is 0 Å². The molecular weight excluding hydrogens is 235 g/mol. The smallest absolute Gasteiger partial charge is 0.146 e. The molecular formula is C13H21FN2O2. The summed E-state index contributed by atoms with van der Waals surface area (Å²) >= 11 is 0. The van der Waals surface area contributed by atoms with E-state index < -0.39 is 0 Å². The summed E-state index contributed by atoms with van der Waals surface area (Å²) in [4.78, 5) is 1.92. The van der Waals surface area contributed by atoms with Gasteiger partial charge in [-0.3, -0.25) is 0 Å². The highest BCUT2D eigenvalue weighted by Crippen LogP contribution is 2.18. The zero-order valence-electron chi connectivity index (χ0n) is 10.5. The van der Waals surface area contributed by atoms with Crippen LogP contribution in [0.15, 0.2) is 24.3 Å². The second-order valence-electron chi connectivity index (χ2n) is 3.92. The minimum atomic E-state index is -0.239. The lowest BCUT2D eigenvalue weighted by Gasteiger charge is -2.25. The monoisotopic (exact) mass is 256 g/mol. The summed E-state index contributed by atoms with van der Waals surface area (Å²) in [5, 5.41) is 8.62. The Hall–Kier alpha value is -1.17. The van der Waals surface area contributed by atoms with E-state index in [0.29, 0.717) is 38.5 Å². The molecule has 4 nitrogen and oxygen atoms in total. The molecule has 0 heterocycles. The molecule has 0 spiro atoms. The fourth-order valence-corrected chi connectivity index (χ4v) is 1.68. The van der Waals surface area contributed by atoms with Crippen molar-refractivity contribution in [2.24, 2.45) is 5.73 Å². The molecule has 3 N–H and O–H groups in total. The van der Waals surface area contributed by atoms with E-state index in [-0.39, 0.29) is 12.4 Å². The van der Waals surface area contributed by atoms with Gasteiger partial charge in [0.05, 0.1) is 25.5 Å². The van der Waals surface area contributed by atoms with Gasteiger partial charge in [0.15, 0.2) is 0 Å². The van der Waals surface area contributed by atoms with Crippen molar-refractivity contribution in [3.63, 3.8) is 0 Å². The minimum Gasteiger partial charge on any atom is -0.394 e.